The average molecular weight is 729 g/mol. The highest BCUT2D eigenvalue weighted by atomic mass is 16.6. The predicted octanol–water partition coefficient (Wildman–Crippen LogP) is 13.6. The molecule has 1 unspecified atom stereocenters. The minimum atomic E-state index is -0.797. The fraction of sp³-hybridized carbons (Fsp3) is 0.761. The molecule has 0 aromatic carbocycles. The number of unbranched alkanes of at least 4 members (excludes halogenated alkanes) is 19. The monoisotopic (exact) mass is 729 g/mol. The molecule has 0 heterocycles. The van der Waals surface area contributed by atoms with Crippen molar-refractivity contribution in [1.82, 2.24) is 0 Å². The second-order valence-corrected chi connectivity index (χ2v) is 14.2. The van der Waals surface area contributed by atoms with Crippen molar-refractivity contribution in [1.29, 1.82) is 0 Å². The molecule has 0 radical (unpaired) electrons. The first-order valence-electron chi connectivity index (χ1n) is 21.6. The zero-order valence-corrected chi connectivity index (χ0v) is 34.1. The van der Waals surface area contributed by atoms with Gasteiger partial charge in [0.2, 0.25) is 0 Å². The third-order valence-corrected chi connectivity index (χ3v) is 9.07. The second-order valence-electron chi connectivity index (χ2n) is 14.2. The van der Waals surface area contributed by atoms with Gasteiger partial charge in [0, 0.05) is 19.3 Å². The highest BCUT2D eigenvalue weighted by Crippen LogP contribution is 2.14. The van der Waals surface area contributed by atoms with Gasteiger partial charge in [0.15, 0.2) is 6.10 Å². The minimum Gasteiger partial charge on any atom is -0.462 e. The van der Waals surface area contributed by atoms with Gasteiger partial charge in [-0.25, -0.2) is 0 Å². The number of carbonyl (C=O) groups is 3. The van der Waals surface area contributed by atoms with Crippen molar-refractivity contribution in [2.45, 2.75) is 213 Å². The van der Waals surface area contributed by atoms with Crippen LogP contribution >= 0.6 is 0 Å². The molecule has 0 amide bonds. The normalized spacial score (nSPS) is 12.4. The van der Waals surface area contributed by atoms with E-state index in [1.54, 1.807) is 0 Å². The molecule has 0 N–H and O–H groups in total. The molecule has 0 aliphatic rings. The van der Waals surface area contributed by atoms with Gasteiger partial charge in [0.05, 0.1) is 0 Å². The third-order valence-electron chi connectivity index (χ3n) is 9.07. The summed E-state index contributed by atoms with van der Waals surface area (Å²) in [4.78, 5) is 37.5. The largest absolute Gasteiger partial charge is 0.462 e. The molecule has 0 fully saturated rings. The standard InChI is InChI=1S/C46H80O6/c1-4-7-10-13-16-19-21-23-25-27-30-33-36-39-45(48)51-42-43(41-50-44(47)38-35-32-29-26-18-15-12-9-6-3)52-46(49)40-37-34-31-28-24-22-20-17-14-11-8-5-2/h8,11,17,20,24,26,28-29,43H,4-7,9-10,12-16,18-19,21-23,25,27,30-42H2,1-3H3/b11-8-,20-17-,28-24-,29-26-. The van der Waals surface area contributed by atoms with Crippen LogP contribution < -0.4 is 0 Å². The van der Waals surface area contributed by atoms with Crippen molar-refractivity contribution in [3.05, 3.63) is 48.6 Å². The molecule has 0 bridgehead atoms. The predicted molar refractivity (Wildman–Crippen MR) is 219 cm³/mol. The Hall–Kier alpha value is -2.63. The molecule has 1 atom stereocenters. The van der Waals surface area contributed by atoms with Gasteiger partial charge in [0.25, 0.3) is 0 Å². The van der Waals surface area contributed by atoms with E-state index in [1.165, 1.54) is 89.9 Å². The molecule has 0 saturated carbocycles. The summed E-state index contributed by atoms with van der Waals surface area (Å²) >= 11 is 0. The molecule has 52 heavy (non-hydrogen) atoms. The Kier molecular flexibility index (Phi) is 39.1. The van der Waals surface area contributed by atoms with Crippen LogP contribution in [-0.2, 0) is 28.6 Å². The van der Waals surface area contributed by atoms with E-state index in [9.17, 15) is 14.4 Å². The van der Waals surface area contributed by atoms with Crippen LogP contribution in [0.3, 0.4) is 0 Å². The molecule has 300 valence electrons. The minimum absolute atomic E-state index is 0.0957. The molecular formula is C46H80O6. The van der Waals surface area contributed by atoms with Crippen molar-refractivity contribution in [2.24, 2.45) is 0 Å². The fourth-order valence-electron chi connectivity index (χ4n) is 5.81. The summed E-state index contributed by atoms with van der Waals surface area (Å²) in [5.74, 6) is -0.976. The lowest BCUT2D eigenvalue weighted by Gasteiger charge is -2.18. The zero-order valence-electron chi connectivity index (χ0n) is 34.1. The SMILES string of the molecule is CC/C=C\C/C=C\C/C=C\CCCCC(=O)OC(COC(=O)CCC/C=C\CCCCCC)COC(=O)CCCCCCCCCCCCCCC. The van der Waals surface area contributed by atoms with Crippen molar-refractivity contribution in [2.75, 3.05) is 13.2 Å². The molecular weight excluding hydrogens is 648 g/mol. The number of allylic oxidation sites excluding steroid dienone is 8. The van der Waals surface area contributed by atoms with Gasteiger partial charge in [0.1, 0.15) is 13.2 Å². The van der Waals surface area contributed by atoms with E-state index in [4.69, 9.17) is 14.2 Å². The van der Waals surface area contributed by atoms with Crippen LogP contribution in [0.5, 0.6) is 0 Å². The Morgan fingerprint density at radius 2 is 0.769 bits per heavy atom. The lowest BCUT2D eigenvalue weighted by Crippen LogP contribution is -2.30. The van der Waals surface area contributed by atoms with Gasteiger partial charge in [-0.05, 0) is 70.6 Å². The van der Waals surface area contributed by atoms with Gasteiger partial charge >= 0.3 is 17.9 Å². The topological polar surface area (TPSA) is 78.9 Å². The zero-order chi connectivity index (χ0) is 38.0. The van der Waals surface area contributed by atoms with E-state index in [1.807, 2.05) is 0 Å². The van der Waals surface area contributed by atoms with Crippen LogP contribution in [0.25, 0.3) is 0 Å². The van der Waals surface area contributed by atoms with Crippen LogP contribution in [0.1, 0.15) is 207 Å². The van der Waals surface area contributed by atoms with Crippen molar-refractivity contribution >= 4 is 17.9 Å². The Labute approximate surface area is 320 Å². The number of esters is 3. The summed E-state index contributed by atoms with van der Waals surface area (Å²) in [5.41, 5.74) is 0. The molecule has 6 nitrogen and oxygen atoms in total. The molecule has 0 rings (SSSR count). The maximum Gasteiger partial charge on any atom is 0.306 e. The van der Waals surface area contributed by atoms with Crippen LogP contribution in [0.4, 0.5) is 0 Å². The van der Waals surface area contributed by atoms with Crippen LogP contribution in [0, 0.1) is 0 Å². The lowest BCUT2D eigenvalue weighted by atomic mass is 10.0. The first-order chi connectivity index (χ1) is 25.5. The highest BCUT2D eigenvalue weighted by Gasteiger charge is 2.19. The fourth-order valence-corrected chi connectivity index (χ4v) is 5.81. The van der Waals surface area contributed by atoms with Crippen LogP contribution in [-0.4, -0.2) is 37.2 Å². The molecule has 0 saturated heterocycles. The van der Waals surface area contributed by atoms with Gasteiger partial charge in [-0.3, -0.25) is 14.4 Å². The van der Waals surface area contributed by atoms with Crippen LogP contribution in [0.15, 0.2) is 48.6 Å². The first-order valence-corrected chi connectivity index (χ1v) is 21.6. The van der Waals surface area contributed by atoms with Gasteiger partial charge in [-0.2, -0.15) is 0 Å². The average Bonchev–Trinajstić information content (AvgIpc) is 3.14. The third kappa shape index (κ3) is 38.6. The van der Waals surface area contributed by atoms with E-state index >= 15 is 0 Å². The second kappa shape index (κ2) is 41.1. The smallest absolute Gasteiger partial charge is 0.306 e. The maximum absolute atomic E-state index is 12.6. The molecule has 0 aliphatic carbocycles. The number of hydrogen-bond acceptors (Lipinski definition) is 6. The lowest BCUT2D eigenvalue weighted by molar-refractivity contribution is -0.167. The van der Waals surface area contributed by atoms with Gasteiger partial charge < -0.3 is 14.2 Å². The molecule has 0 aromatic heterocycles. The first kappa shape index (κ1) is 49.4. The van der Waals surface area contributed by atoms with Crippen molar-refractivity contribution in [3.63, 3.8) is 0 Å². The maximum atomic E-state index is 12.6. The van der Waals surface area contributed by atoms with Crippen LogP contribution in [0.2, 0.25) is 0 Å². The highest BCUT2D eigenvalue weighted by molar-refractivity contribution is 5.71. The summed E-state index contributed by atoms with van der Waals surface area (Å²) in [5, 5.41) is 0. The summed E-state index contributed by atoms with van der Waals surface area (Å²) < 4.78 is 16.6. The van der Waals surface area contributed by atoms with E-state index in [2.05, 4.69) is 69.4 Å². The summed E-state index contributed by atoms with van der Waals surface area (Å²) in [6.45, 7) is 6.41. The number of rotatable bonds is 38. The van der Waals surface area contributed by atoms with Crippen molar-refractivity contribution in [3.8, 4) is 0 Å². The van der Waals surface area contributed by atoms with E-state index in [0.717, 1.165) is 64.2 Å². The Balaban J connectivity index is 4.44. The molecule has 0 aliphatic heterocycles. The Morgan fingerprint density at radius 1 is 0.404 bits per heavy atom. The number of ether oxygens (including phenoxy) is 3. The van der Waals surface area contributed by atoms with E-state index in [0.29, 0.717) is 25.7 Å². The Morgan fingerprint density at radius 3 is 1.31 bits per heavy atom. The number of hydrogen-bond donors (Lipinski definition) is 0. The Bertz CT molecular complexity index is 933. The number of carbonyl (C=O) groups excluding carboxylic acids is 3. The quantitative estimate of drug-likeness (QED) is 0.0272. The van der Waals surface area contributed by atoms with Gasteiger partial charge in [-0.1, -0.05) is 166 Å². The van der Waals surface area contributed by atoms with E-state index < -0.39 is 6.10 Å². The van der Waals surface area contributed by atoms with Crippen molar-refractivity contribution < 1.29 is 28.6 Å². The molecule has 0 aromatic rings. The summed E-state index contributed by atoms with van der Waals surface area (Å²) in [6, 6.07) is 0. The summed E-state index contributed by atoms with van der Waals surface area (Å²) in [7, 11) is 0. The van der Waals surface area contributed by atoms with Gasteiger partial charge in [-0.15, -0.1) is 0 Å². The molecule has 6 heteroatoms. The molecule has 0 spiro atoms. The summed E-state index contributed by atoms with van der Waals surface area (Å²) in [6.07, 6.45) is 46.8. The van der Waals surface area contributed by atoms with E-state index in [-0.39, 0.29) is 37.5 Å².